The summed E-state index contributed by atoms with van der Waals surface area (Å²) >= 11 is 0. The highest BCUT2D eigenvalue weighted by molar-refractivity contribution is 5.77. The Hall–Kier alpha value is -3.12. The lowest BCUT2D eigenvalue weighted by Gasteiger charge is -2.32. The van der Waals surface area contributed by atoms with Crippen LogP contribution in [0.2, 0.25) is 0 Å². The average molecular weight is 447 g/mol. The number of hydrogen-bond acceptors (Lipinski definition) is 4. The lowest BCUT2D eigenvalue weighted by atomic mass is 9.97. The predicted molar refractivity (Wildman–Crippen MR) is 131 cm³/mol. The van der Waals surface area contributed by atoms with Gasteiger partial charge in [-0.05, 0) is 61.7 Å². The number of rotatable bonds is 8. The van der Waals surface area contributed by atoms with Crippen LogP contribution in [0.5, 0.6) is 5.75 Å². The highest BCUT2D eigenvalue weighted by Gasteiger charge is 2.23. The molecule has 1 aromatic heterocycles. The van der Waals surface area contributed by atoms with Crippen molar-refractivity contribution in [1.82, 2.24) is 20.0 Å². The number of nitrogens with one attached hydrogen (secondary N) is 1. The lowest BCUT2D eigenvalue weighted by Crippen LogP contribution is -2.41. The van der Waals surface area contributed by atoms with Crippen molar-refractivity contribution >= 4 is 5.91 Å². The number of carbonyl (C=O) groups excluding carboxylic acids is 1. The van der Waals surface area contributed by atoms with Crippen molar-refractivity contribution in [2.45, 2.75) is 33.2 Å². The zero-order valence-corrected chi connectivity index (χ0v) is 19.8. The van der Waals surface area contributed by atoms with Gasteiger partial charge in [-0.2, -0.15) is 5.10 Å². The normalized spacial score (nSPS) is 16.7. The minimum Gasteiger partial charge on any atom is -0.497 e. The van der Waals surface area contributed by atoms with Gasteiger partial charge in [0.05, 0.1) is 18.5 Å². The van der Waals surface area contributed by atoms with Crippen molar-refractivity contribution in [1.29, 1.82) is 0 Å². The second kappa shape index (κ2) is 10.7. The third-order valence-electron chi connectivity index (χ3n) is 6.26. The number of methoxy groups -OCH3 is 1. The molecule has 1 saturated heterocycles. The number of ether oxygens (including phenoxy) is 1. The summed E-state index contributed by atoms with van der Waals surface area (Å²) in [5.74, 6) is 1.48. The third kappa shape index (κ3) is 5.82. The van der Waals surface area contributed by atoms with Crippen molar-refractivity contribution in [2.24, 2.45) is 11.8 Å². The van der Waals surface area contributed by atoms with Crippen molar-refractivity contribution in [2.75, 3.05) is 26.7 Å². The second-order valence-electron chi connectivity index (χ2n) is 9.15. The molecule has 2 heterocycles. The molecule has 1 aliphatic heterocycles. The van der Waals surface area contributed by atoms with E-state index in [1.54, 1.807) is 7.11 Å². The van der Waals surface area contributed by atoms with Gasteiger partial charge in [0.1, 0.15) is 5.75 Å². The molecule has 1 N–H and O–H groups in total. The first-order valence-corrected chi connectivity index (χ1v) is 11.8. The van der Waals surface area contributed by atoms with Crippen molar-refractivity contribution < 1.29 is 9.53 Å². The molecule has 0 aliphatic carbocycles. The van der Waals surface area contributed by atoms with Gasteiger partial charge in [-0.25, -0.2) is 4.68 Å². The number of benzene rings is 2. The van der Waals surface area contributed by atoms with E-state index in [0.29, 0.717) is 5.92 Å². The molecule has 0 spiro atoms. The van der Waals surface area contributed by atoms with E-state index >= 15 is 0 Å². The molecule has 0 saturated carbocycles. The first-order valence-electron chi connectivity index (χ1n) is 11.8. The van der Waals surface area contributed by atoms with Crippen LogP contribution in [-0.2, 0) is 11.3 Å². The molecule has 33 heavy (non-hydrogen) atoms. The predicted octanol–water partition coefficient (Wildman–Crippen LogP) is 4.53. The highest BCUT2D eigenvalue weighted by Crippen LogP contribution is 2.28. The van der Waals surface area contributed by atoms with E-state index in [1.807, 2.05) is 48.9 Å². The Bertz CT molecular complexity index is 1040. The van der Waals surface area contributed by atoms with Gasteiger partial charge in [0.25, 0.3) is 0 Å². The van der Waals surface area contributed by atoms with E-state index in [-0.39, 0.29) is 11.8 Å². The lowest BCUT2D eigenvalue weighted by molar-refractivity contribution is -0.124. The summed E-state index contributed by atoms with van der Waals surface area (Å²) in [7, 11) is 1.68. The van der Waals surface area contributed by atoms with Crippen LogP contribution in [0.25, 0.3) is 16.9 Å². The summed E-state index contributed by atoms with van der Waals surface area (Å²) in [6.45, 7) is 7.51. The van der Waals surface area contributed by atoms with Crippen LogP contribution < -0.4 is 10.1 Å². The van der Waals surface area contributed by atoms with Gasteiger partial charge in [0.15, 0.2) is 0 Å². The quantitative estimate of drug-likeness (QED) is 0.552. The monoisotopic (exact) mass is 446 g/mol. The maximum Gasteiger partial charge on any atom is 0.222 e. The molecule has 0 radical (unpaired) electrons. The maximum atomic E-state index is 12.0. The molecule has 4 rings (SSSR count). The van der Waals surface area contributed by atoms with Gasteiger partial charge in [0, 0.05) is 42.9 Å². The summed E-state index contributed by atoms with van der Waals surface area (Å²) in [4.78, 5) is 14.5. The Morgan fingerprint density at radius 2 is 1.91 bits per heavy atom. The molecular weight excluding hydrogens is 412 g/mol. The van der Waals surface area contributed by atoms with E-state index in [4.69, 9.17) is 9.84 Å². The molecule has 6 heteroatoms. The third-order valence-corrected chi connectivity index (χ3v) is 6.26. The first-order chi connectivity index (χ1) is 16.0. The number of piperidine rings is 1. The van der Waals surface area contributed by atoms with Crippen molar-refractivity contribution in [3.63, 3.8) is 0 Å². The molecule has 3 aromatic rings. The summed E-state index contributed by atoms with van der Waals surface area (Å²) in [6, 6.07) is 18.3. The Balaban J connectivity index is 1.54. The fourth-order valence-corrected chi connectivity index (χ4v) is 4.38. The number of carbonyl (C=O) groups is 1. The summed E-state index contributed by atoms with van der Waals surface area (Å²) in [6.07, 6.45) is 4.45. The zero-order chi connectivity index (χ0) is 23.2. The number of para-hydroxylation sites is 1. The summed E-state index contributed by atoms with van der Waals surface area (Å²) < 4.78 is 7.31. The topological polar surface area (TPSA) is 59.4 Å². The van der Waals surface area contributed by atoms with E-state index in [0.717, 1.165) is 61.7 Å². The molecule has 1 aliphatic rings. The van der Waals surface area contributed by atoms with Crippen LogP contribution in [0.3, 0.4) is 0 Å². The number of hydrogen-bond donors (Lipinski definition) is 1. The van der Waals surface area contributed by atoms with Gasteiger partial charge < -0.3 is 10.1 Å². The van der Waals surface area contributed by atoms with Gasteiger partial charge in [-0.15, -0.1) is 0 Å². The van der Waals surface area contributed by atoms with Gasteiger partial charge in [-0.3, -0.25) is 9.69 Å². The molecule has 2 aromatic carbocycles. The number of likely N-dealkylation sites (tertiary alicyclic amines) is 1. The summed E-state index contributed by atoms with van der Waals surface area (Å²) in [5, 5.41) is 8.08. The molecule has 6 nitrogen and oxygen atoms in total. The van der Waals surface area contributed by atoms with Crippen LogP contribution >= 0.6 is 0 Å². The minimum absolute atomic E-state index is 0.0283. The maximum absolute atomic E-state index is 12.0. The number of aromatic nitrogens is 2. The molecule has 174 valence electrons. The smallest absolute Gasteiger partial charge is 0.222 e. The van der Waals surface area contributed by atoms with E-state index in [9.17, 15) is 4.79 Å². The van der Waals surface area contributed by atoms with Gasteiger partial charge >= 0.3 is 0 Å². The fourth-order valence-electron chi connectivity index (χ4n) is 4.38. The van der Waals surface area contributed by atoms with Crippen LogP contribution in [0, 0.1) is 11.8 Å². The second-order valence-corrected chi connectivity index (χ2v) is 9.15. The van der Waals surface area contributed by atoms with Crippen LogP contribution in [0.15, 0.2) is 60.8 Å². The molecule has 1 amide bonds. The molecule has 1 atom stereocenters. The fraction of sp³-hybridized carbons (Fsp3) is 0.407. The zero-order valence-electron chi connectivity index (χ0n) is 19.8. The van der Waals surface area contributed by atoms with Crippen molar-refractivity contribution in [3.05, 3.63) is 66.4 Å². The van der Waals surface area contributed by atoms with Crippen molar-refractivity contribution in [3.8, 4) is 22.7 Å². The first kappa shape index (κ1) is 23.1. The summed E-state index contributed by atoms with van der Waals surface area (Å²) in [5.41, 5.74) is 4.33. The standard InChI is InChI=1S/C27H34N4O2/c1-20(2)27(32)28-16-21-8-7-15-30(17-21)18-23-19-31(24-9-5-4-6-10-24)29-26(23)22-11-13-25(33-3)14-12-22/h4-6,9-14,19-21H,7-8,15-18H2,1-3H3,(H,28,32)/t21-/m1/s1. The molecule has 0 unspecified atom stereocenters. The van der Waals surface area contributed by atoms with Crippen LogP contribution in [0.4, 0.5) is 0 Å². The minimum atomic E-state index is 0.0283. The van der Waals surface area contributed by atoms with Crippen LogP contribution in [-0.4, -0.2) is 47.3 Å². The SMILES string of the molecule is COc1ccc(-c2nn(-c3ccccc3)cc2CN2CCC[C@H](CNC(=O)C(C)C)C2)cc1. The van der Waals surface area contributed by atoms with Gasteiger partial charge in [-0.1, -0.05) is 32.0 Å². The number of amides is 1. The van der Waals surface area contributed by atoms with E-state index in [2.05, 4.69) is 40.7 Å². The Kier molecular flexibility index (Phi) is 7.45. The van der Waals surface area contributed by atoms with Gasteiger partial charge in [0.2, 0.25) is 5.91 Å². The average Bonchev–Trinajstić information content (AvgIpc) is 3.27. The Morgan fingerprint density at radius 3 is 2.61 bits per heavy atom. The Morgan fingerprint density at radius 1 is 1.15 bits per heavy atom. The number of nitrogens with zero attached hydrogens (tertiary/aromatic N) is 3. The van der Waals surface area contributed by atoms with E-state index in [1.165, 1.54) is 5.56 Å². The largest absolute Gasteiger partial charge is 0.497 e. The highest BCUT2D eigenvalue weighted by atomic mass is 16.5. The van der Waals surface area contributed by atoms with E-state index < -0.39 is 0 Å². The molecular formula is C27H34N4O2. The Labute approximate surface area is 196 Å². The molecule has 1 fully saturated rings. The van der Waals surface area contributed by atoms with Crippen LogP contribution in [0.1, 0.15) is 32.3 Å². The molecule has 0 bridgehead atoms.